The van der Waals surface area contributed by atoms with Crippen LogP contribution in [0.15, 0.2) is 18.2 Å². The summed E-state index contributed by atoms with van der Waals surface area (Å²) in [6.45, 7) is 8.51. The first kappa shape index (κ1) is 19.7. The Labute approximate surface area is 171 Å². The number of anilines is 1. The second-order valence-electron chi connectivity index (χ2n) is 8.00. The summed E-state index contributed by atoms with van der Waals surface area (Å²) in [5, 5.41) is 14.2. The first-order valence-electron chi connectivity index (χ1n) is 10.7. The quantitative estimate of drug-likeness (QED) is 0.697. The van der Waals surface area contributed by atoms with Crippen LogP contribution in [0.2, 0.25) is 0 Å². The fourth-order valence-corrected chi connectivity index (χ4v) is 4.44. The third kappa shape index (κ3) is 4.07. The number of aromatic nitrogens is 2. The number of rotatable bonds is 6. The largest absolute Gasteiger partial charge is 0.346 e. The Morgan fingerprint density at radius 1 is 1.21 bits per heavy atom. The first-order valence-corrected chi connectivity index (χ1v) is 10.7. The molecule has 29 heavy (non-hydrogen) atoms. The van der Waals surface area contributed by atoms with Crippen molar-refractivity contribution < 1.29 is 9.59 Å². The molecule has 0 radical (unpaired) electrons. The van der Waals surface area contributed by atoms with Crippen LogP contribution >= 0.6 is 0 Å². The van der Waals surface area contributed by atoms with Crippen LogP contribution in [-0.4, -0.2) is 58.8 Å². The van der Waals surface area contributed by atoms with E-state index >= 15 is 0 Å². The van der Waals surface area contributed by atoms with Crippen LogP contribution in [0, 0.1) is 5.92 Å². The standard InChI is InChI=1S/C21H30N6O2/c1-3-9-22-21(29)23-15-5-6-18-16(12-15)19(25-27(18)4-2)20(28)24-17-13-26-10-7-14(17)8-11-26/h5-6,12,14,17H,3-4,7-11,13H2,1-2H3,(H,24,28)(H2,22,23,29). The summed E-state index contributed by atoms with van der Waals surface area (Å²) in [5.74, 6) is 0.427. The predicted molar refractivity (Wildman–Crippen MR) is 113 cm³/mol. The molecule has 8 nitrogen and oxygen atoms in total. The van der Waals surface area contributed by atoms with Crippen LogP contribution in [0.4, 0.5) is 10.5 Å². The monoisotopic (exact) mass is 398 g/mol. The SMILES string of the molecule is CCCNC(=O)Nc1ccc2c(c1)c(C(=O)NC1CN3CCC1CC3)nn2CC. The number of hydrogen-bond acceptors (Lipinski definition) is 4. The van der Waals surface area contributed by atoms with E-state index in [1.807, 2.05) is 36.7 Å². The fourth-order valence-electron chi connectivity index (χ4n) is 4.44. The minimum atomic E-state index is -0.243. The van der Waals surface area contributed by atoms with Crippen molar-refractivity contribution >= 4 is 28.5 Å². The summed E-state index contributed by atoms with van der Waals surface area (Å²) in [5.41, 5.74) is 1.97. The molecule has 3 aliphatic heterocycles. The number of fused-ring (bicyclic) bond motifs is 4. The van der Waals surface area contributed by atoms with Crippen molar-refractivity contribution in [3.63, 3.8) is 0 Å². The van der Waals surface area contributed by atoms with Gasteiger partial charge in [0.25, 0.3) is 5.91 Å². The number of urea groups is 1. The Hall–Kier alpha value is -2.61. The number of amides is 3. The lowest BCUT2D eigenvalue weighted by molar-refractivity contribution is 0.0618. The van der Waals surface area contributed by atoms with E-state index in [9.17, 15) is 9.59 Å². The molecule has 3 aliphatic rings. The van der Waals surface area contributed by atoms with Gasteiger partial charge in [-0.15, -0.1) is 0 Å². The van der Waals surface area contributed by atoms with Crippen molar-refractivity contribution in [3.8, 4) is 0 Å². The maximum absolute atomic E-state index is 13.1. The average Bonchev–Trinajstić information content (AvgIpc) is 3.11. The maximum atomic E-state index is 13.1. The number of piperidine rings is 3. The van der Waals surface area contributed by atoms with Crippen LogP contribution in [-0.2, 0) is 6.54 Å². The molecule has 8 heteroatoms. The maximum Gasteiger partial charge on any atom is 0.319 e. The summed E-state index contributed by atoms with van der Waals surface area (Å²) in [4.78, 5) is 27.5. The van der Waals surface area contributed by atoms with Crippen LogP contribution in [0.5, 0.6) is 0 Å². The number of hydrogen-bond donors (Lipinski definition) is 3. The minimum Gasteiger partial charge on any atom is -0.346 e. The average molecular weight is 399 g/mol. The minimum absolute atomic E-state index is 0.131. The molecule has 4 heterocycles. The molecule has 3 N–H and O–H groups in total. The molecule has 1 unspecified atom stereocenters. The summed E-state index contributed by atoms with van der Waals surface area (Å²) in [6, 6.07) is 5.54. The van der Waals surface area contributed by atoms with E-state index in [-0.39, 0.29) is 18.0 Å². The normalized spacial score (nSPS) is 23.2. The van der Waals surface area contributed by atoms with E-state index in [0.717, 1.165) is 49.8 Å². The smallest absolute Gasteiger partial charge is 0.319 e. The highest BCUT2D eigenvalue weighted by Crippen LogP contribution is 2.28. The topological polar surface area (TPSA) is 91.3 Å². The molecule has 1 atom stereocenters. The lowest BCUT2D eigenvalue weighted by atomic mass is 9.84. The van der Waals surface area contributed by atoms with Crippen LogP contribution < -0.4 is 16.0 Å². The molecular weight excluding hydrogens is 368 g/mol. The number of benzene rings is 1. The van der Waals surface area contributed by atoms with Gasteiger partial charge in [0.1, 0.15) is 0 Å². The predicted octanol–water partition coefficient (Wildman–Crippen LogP) is 2.41. The van der Waals surface area contributed by atoms with E-state index in [1.54, 1.807) is 0 Å². The highest BCUT2D eigenvalue weighted by molar-refractivity contribution is 6.06. The van der Waals surface area contributed by atoms with Crippen LogP contribution in [0.1, 0.15) is 43.6 Å². The van der Waals surface area contributed by atoms with Gasteiger partial charge in [-0.05, 0) is 63.4 Å². The van der Waals surface area contributed by atoms with Gasteiger partial charge in [-0.25, -0.2) is 4.79 Å². The molecule has 2 aromatic rings. The third-order valence-electron chi connectivity index (χ3n) is 6.03. The third-order valence-corrected chi connectivity index (χ3v) is 6.03. The zero-order valence-electron chi connectivity index (χ0n) is 17.2. The fraction of sp³-hybridized carbons (Fsp3) is 0.571. The van der Waals surface area contributed by atoms with E-state index in [1.165, 1.54) is 0 Å². The lowest BCUT2D eigenvalue weighted by Gasteiger charge is -2.44. The van der Waals surface area contributed by atoms with Gasteiger partial charge in [0.15, 0.2) is 5.69 Å². The Morgan fingerprint density at radius 2 is 2.00 bits per heavy atom. The van der Waals surface area contributed by atoms with Crippen LogP contribution in [0.3, 0.4) is 0 Å². The van der Waals surface area contributed by atoms with Gasteiger partial charge in [0.2, 0.25) is 0 Å². The van der Waals surface area contributed by atoms with E-state index < -0.39 is 0 Å². The summed E-state index contributed by atoms with van der Waals surface area (Å²) in [6.07, 6.45) is 3.17. The molecule has 3 amide bonds. The number of carbonyl (C=O) groups is 2. The van der Waals surface area contributed by atoms with Crippen molar-refractivity contribution in [3.05, 3.63) is 23.9 Å². The van der Waals surface area contributed by atoms with Gasteiger partial charge in [-0.2, -0.15) is 5.10 Å². The van der Waals surface area contributed by atoms with Gasteiger partial charge in [0.05, 0.1) is 5.52 Å². The number of nitrogens with one attached hydrogen (secondary N) is 3. The van der Waals surface area contributed by atoms with Gasteiger partial charge in [0, 0.05) is 36.7 Å². The highest BCUT2D eigenvalue weighted by atomic mass is 16.2. The Balaban J connectivity index is 1.56. The number of carbonyl (C=O) groups excluding carboxylic acids is 2. The summed E-state index contributed by atoms with van der Waals surface area (Å²) >= 11 is 0. The van der Waals surface area contributed by atoms with Crippen molar-refractivity contribution in [1.29, 1.82) is 0 Å². The van der Waals surface area contributed by atoms with Crippen molar-refractivity contribution in [2.75, 3.05) is 31.5 Å². The van der Waals surface area contributed by atoms with Crippen molar-refractivity contribution in [2.24, 2.45) is 5.92 Å². The molecule has 156 valence electrons. The second kappa shape index (κ2) is 8.41. The molecule has 5 rings (SSSR count). The number of nitrogens with zero attached hydrogens (tertiary/aromatic N) is 3. The van der Waals surface area contributed by atoms with Crippen LogP contribution in [0.25, 0.3) is 10.9 Å². The zero-order chi connectivity index (χ0) is 20.4. The second-order valence-corrected chi connectivity index (χ2v) is 8.00. The molecular formula is C21H30N6O2. The van der Waals surface area contributed by atoms with Crippen molar-refractivity contribution in [2.45, 2.75) is 45.7 Å². The molecule has 0 saturated carbocycles. The van der Waals surface area contributed by atoms with E-state index in [2.05, 4.69) is 25.9 Å². The van der Waals surface area contributed by atoms with E-state index in [4.69, 9.17) is 0 Å². The molecule has 1 aromatic heterocycles. The summed E-state index contributed by atoms with van der Waals surface area (Å²) in [7, 11) is 0. The Bertz CT molecular complexity index is 900. The Morgan fingerprint density at radius 3 is 2.66 bits per heavy atom. The first-order chi connectivity index (χ1) is 14.1. The molecule has 2 bridgehead atoms. The highest BCUT2D eigenvalue weighted by Gasteiger charge is 2.35. The van der Waals surface area contributed by atoms with Crippen molar-refractivity contribution in [1.82, 2.24) is 25.3 Å². The van der Waals surface area contributed by atoms with Gasteiger partial charge < -0.3 is 20.9 Å². The van der Waals surface area contributed by atoms with Gasteiger partial charge in [-0.1, -0.05) is 6.92 Å². The summed E-state index contributed by atoms with van der Waals surface area (Å²) < 4.78 is 1.84. The molecule has 0 spiro atoms. The van der Waals surface area contributed by atoms with Gasteiger partial charge in [-0.3, -0.25) is 9.48 Å². The molecule has 3 fully saturated rings. The zero-order valence-corrected chi connectivity index (χ0v) is 17.2. The molecule has 3 saturated heterocycles. The van der Waals surface area contributed by atoms with Gasteiger partial charge >= 0.3 is 6.03 Å². The van der Waals surface area contributed by atoms with E-state index in [0.29, 0.717) is 30.4 Å². The molecule has 1 aromatic carbocycles. The number of aryl methyl sites for hydroxylation is 1. The lowest BCUT2D eigenvalue weighted by Crippen LogP contribution is -2.57. The molecule has 0 aliphatic carbocycles. The Kier molecular flexibility index (Phi) is 5.71.